The predicted molar refractivity (Wildman–Crippen MR) is 70.8 cm³/mol. The van der Waals surface area contributed by atoms with Gasteiger partial charge in [-0.15, -0.1) is 0 Å². The first-order chi connectivity index (χ1) is 9.70. The van der Waals surface area contributed by atoms with Gasteiger partial charge in [0.05, 0.1) is 23.1 Å². The highest BCUT2D eigenvalue weighted by atomic mass is 19.4. The highest BCUT2D eigenvalue weighted by Crippen LogP contribution is 2.33. The first kappa shape index (κ1) is 16.8. The molecule has 7 heteroatoms. The molecule has 114 valence electrons. The molecule has 1 atom stereocenters. The summed E-state index contributed by atoms with van der Waals surface area (Å²) >= 11 is 0. The van der Waals surface area contributed by atoms with Gasteiger partial charge in [0, 0.05) is 18.8 Å². The average molecular weight is 300 g/mol. The molecule has 1 unspecified atom stereocenters. The second-order valence-electron chi connectivity index (χ2n) is 4.62. The van der Waals surface area contributed by atoms with E-state index in [1.54, 1.807) is 11.8 Å². The Morgan fingerprint density at radius 3 is 2.52 bits per heavy atom. The van der Waals surface area contributed by atoms with Crippen molar-refractivity contribution in [1.29, 1.82) is 5.26 Å². The Labute approximate surface area is 120 Å². The molecule has 21 heavy (non-hydrogen) atoms. The first-order valence-corrected chi connectivity index (χ1v) is 6.29. The summed E-state index contributed by atoms with van der Waals surface area (Å²) in [6.07, 6.45) is -4.59. The number of carbonyl (C=O) groups is 1. The normalized spacial score (nSPS) is 12.6. The summed E-state index contributed by atoms with van der Waals surface area (Å²) < 4.78 is 38.2. The number of hydrogen-bond donors (Lipinski definition) is 1. The van der Waals surface area contributed by atoms with E-state index in [1.165, 1.54) is 19.1 Å². The van der Waals surface area contributed by atoms with E-state index < -0.39 is 29.2 Å². The lowest BCUT2D eigenvalue weighted by molar-refractivity contribution is -0.140. The lowest BCUT2D eigenvalue weighted by atomic mass is 10.1. The highest BCUT2D eigenvalue weighted by molar-refractivity contribution is 5.70. The van der Waals surface area contributed by atoms with Gasteiger partial charge in [0.25, 0.3) is 0 Å². The maximum Gasteiger partial charge on any atom is 0.417 e. The van der Waals surface area contributed by atoms with Gasteiger partial charge in [0.2, 0.25) is 0 Å². The second kappa shape index (κ2) is 6.48. The summed E-state index contributed by atoms with van der Waals surface area (Å²) in [6, 6.07) is 4.78. The number of halogens is 3. The van der Waals surface area contributed by atoms with Gasteiger partial charge in [0.15, 0.2) is 0 Å². The maximum absolute atomic E-state index is 12.7. The number of nitriles is 1. The predicted octanol–water partition coefficient (Wildman–Crippen LogP) is 3.12. The van der Waals surface area contributed by atoms with Gasteiger partial charge in [-0.1, -0.05) is 6.92 Å². The number of hydrogen-bond acceptors (Lipinski definition) is 3. The van der Waals surface area contributed by atoms with Gasteiger partial charge in [-0.05, 0) is 25.1 Å². The van der Waals surface area contributed by atoms with E-state index in [0.717, 1.165) is 12.1 Å². The minimum absolute atomic E-state index is 0.155. The summed E-state index contributed by atoms with van der Waals surface area (Å²) in [4.78, 5) is 12.5. The minimum Gasteiger partial charge on any atom is -0.481 e. The lowest BCUT2D eigenvalue weighted by Gasteiger charge is -2.25. The molecule has 0 aliphatic rings. The van der Waals surface area contributed by atoms with E-state index in [0.29, 0.717) is 12.2 Å². The Kier molecular flexibility index (Phi) is 5.19. The first-order valence-electron chi connectivity index (χ1n) is 6.29. The third-order valence-corrected chi connectivity index (χ3v) is 3.09. The molecule has 1 N–H and O–H groups in total. The zero-order valence-corrected chi connectivity index (χ0v) is 11.6. The monoisotopic (exact) mass is 300 g/mol. The Balaban J connectivity index is 3.13. The maximum atomic E-state index is 12.7. The fourth-order valence-corrected chi connectivity index (χ4v) is 1.89. The quantitative estimate of drug-likeness (QED) is 0.907. The summed E-state index contributed by atoms with van der Waals surface area (Å²) in [5, 5.41) is 17.8. The Bertz CT molecular complexity index is 564. The molecule has 0 amide bonds. The van der Waals surface area contributed by atoms with Crippen LogP contribution in [0.1, 0.15) is 25.0 Å². The number of rotatable bonds is 5. The Hall–Kier alpha value is -2.23. The molecule has 1 rings (SSSR count). The van der Waals surface area contributed by atoms with Gasteiger partial charge in [-0.2, -0.15) is 18.4 Å². The zero-order valence-electron chi connectivity index (χ0n) is 11.6. The molecule has 0 heterocycles. The van der Waals surface area contributed by atoms with Gasteiger partial charge in [0.1, 0.15) is 0 Å². The van der Waals surface area contributed by atoms with Gasteiger partial charge in [-0.3, -0.25) is 4.79 Å². The van der Waals surface area contributed by atoms with E-state index in [2.05, 4.69) is 0 Å². The molecule has 0 bridgehead atoms. The van der Waals surface area contributed by atoms with Crippen LogP contribution < -0.4 is 4.90 Å². The van der Waals surface area contributed by atoms with E-state index >= 15 is 0 Å². The fourth-order valence-electron chi connectivity index (χ4n) is 1.89. The molecule has 1 aromatic carbocycles. The molecule has 0 fully saturated rings. The number of nitrogens with zero attached hydrogens (tertiary/aromatic N) is 2. The standard InChI is InChI=1S/C14H15F3N2O2/c1-3-19(8-9(2)13(20)21)11-4-5-12(14(15,16)17)10(6-11)7-18/h4-6,9H,3,8H2,1-2H3,(H,20,21). The largest absolute Gasteiger partial charge is 0.481 e. The van der Waals surface area contributed by atoms with Crippen molar-refractivity contribution in [2.24, 2.45) is 5.92 Å². The Morgan fingerprint density at radius 1 is 1.48 bits per heavy atom. The molecule has 4 nitrogen and oxygen atoms in total. The van der Waals surface area contributed by atoms with Crippen molar-refractivity contribution in [2.45, 2.75) is 20.0 Å². The van der Waals surface area contributed by atoms with Crippen LogP contribution in [0.25, 0.3) is 0 Å². The van der Waals surface area contributed by atoms with Crippen molar-refractivity contribution in [3.05, 3.63) is 29.3 Å². The van der Waals surface area contributed by atoms with Gasteiger partial charge >= 0.3 is 12.1 Å². The summed E-state index contributed by atoms with van der Waals surface area (Å²) in [6.45, 7) is 3.86. The molecule has 0 radical (unpaired) electrons. The van der Waals surface area contributed by atoms with Crippen molar-refractivity contribution in [2.75, 3.05) is 18.0 Å². The van der Waals surface area contributed by atoms with Crippen LogP contribution in [-0.4, -0.2) is 24.2 Å². The number of alkyl halides is 3. The van der Waals surface area contributed by atoms with Crippen LogP contribution in [0.2, 0.25) is 0 Å². The van der Waals surface area contributed by atoms with Crippen LogP contribution in [0.15, 0.2) is 18.2 Å². The number of benzene rings is 1. The van der Waals surface area contributed by atoms with Crippen molar-refractivity contribution >= 4 is 11.7 Å². The zero-order chi connectivity index (χ0) is 16.2. The van der Waals surface area contributed by atoms with Gasteiger partial charge in [-0.25, -0.2) is 0 Å². The smallest absolute Gasteiger partial charge is 0.417 e. The van der Waals surface area contributed by atoms with Crippen LogP contribution in [0.3, 0.4) is 0 Å². The summed E-state index contributed by atoms with van der Waals surface area (Å²) in [5.74, 6) is -1.65. The van der Waals surface area contributed by atoms with Gasteiger partial charge < -0.3 is 10.0 Å². The highest BCUT2D eigenvalue weighted by Gasteiger charge is 2.33. The van der Waals surface area contributed by atoms with E-state index in [-0.39, 0.29) is 6.54 Å². The van der Waals surface area contributed by atoms with Crippen LogP contribution >= 0.6 is 0 Å². The molecule has 0 aromatic heterocycles. The lowest BCUT2D eigenvalue weighted by Crippen LogP contribution is -2.31. The van der Waals surface area contributed by atoms with Crippen molar-refractivity contribution in [3.63, 3.8) is 0 Å². The summed E-state index contributed by atoms with van der Waals surface area (Å²) in [7, 11) is 0. The number of carboxylic acids is 1. The fraction of sp³-hybridized carbons (Fsp3) is 0.429. The third-order valence-electron chi connectivity index (χ3n) is 3.09. The topological polar surface area (TPSA) is 64.3 Å². The van der Waals surface area contributed by atoms with E-state index in [9.17, 15) is 18.0 Å². The number of carboxylic acid groups (broad SMARTS) is 1. The molecule has 0 aliphatic heterocycles. The van der Waals surface area contributed by atoms with E-state index in [1.807, 2.05) is 0 Å². The SMILES string of the molecule is CCN(CC(C)C(=O)O)c1ccc(C(F)(F)F)c(C#N)c1. The van der Waals surface area contributed by atoms with Crippen LogP contribution in [-0.2, 0) is 11.0 Å². The number of anilines is 1. The van der Waals surface area contributed by atoms with Crippen LogP contribution in [0.5, 0.6) is 0 Å². The van der Waals surface area contributed by atoms with Crippen molar-refractivity contribution < 1.29 is 23.1 Å². The number of aliphatic carboxylic acids is 1. The molecule has 0 spiro atoms. The minimum atomic E-state index is -4.59. The van der Waals surface area contributed by atoms with E-state index in [4.69, 9.17) is 10.4 Å². The Morgan fingerprint density at radius 2 is 2.10 bits per heavy atom. The molecular weight excluding hydrogens is 285 g/mol. The third kappa shape index (κ3) is 4.12. The molecule has 1 aromatic rings. The van der Waals surface area contributed by atoms with Crippen LogP contribution in [0, 0.1) is 17.2 Å². The van der Waals surface area contributed by atoms with Crippen molar-refractivity contribution in [1.82, 2.24) is 0 Å². The molecule has 0 aliphatic carbocycles. The van der Waals surface area contributed by atoms with Crippen LogP contribution in [0.4, 0.5) is 18.9 Å². The molecular formula is C14H15F3N2O2. The summed E-state index contributed by atoms with van der Waals surface area (Å²) in [5.41, 5.74) is -1.06. The molecule has 0 saturated carbocycles. The second-order valence-corrected chi connectivity index (χ2v) is 4.62. The van der Waals surface area contributed by atoms with Crippen molar-refractivity contribution in [3.8, 4) is 6.07 Å². The molecule has 0 saturated heterocycles. The average Bonchev–Trinajstić information content (AvgIpc) is 2.42.